The van der Waals surface area contributed by atoms with E-state index in [9.17, 15) is 24.9 Å². The van der Waals surface area contributed by atoms with Crippen LogP contribution in [0.1, 0.15) is 51.0 Å². The highest BCUT2D eigenvalue weighted by Crippen LogP contribution is 2.60. The second-order valence-corrected chi connectivity index (χ2v) is 11.2. The molecule has 1 spiro atoms. The molecule has 0 unspecified atom stereocenters. The number of ketones is 1. The predicted octanol–water partition coefficient (Wildman–Crippen LogP) is 2.32. The van der Waals surface area contributed by atoms with Crippen LogP contribution in [0.4, 0.5) is 0 Å². The van der Waals surface area contributed by atoms with E-state index in [1.54, 1.807) is 32.3 Å². The van der Waals surface area contributed by atoms with Crippen molar-refractivity contribution in [1.29, 1.82) is 0 Å². The Morgan fingerprint density at radius 3 is 2.64 bits per heavy atom. The number of aryl methyl sites for hydroxylation is 1. The van der Waals surface area contributed by atoms with Crippen molar-refractivity contribution in [3.8, 4) is 0 Å². The highest BCUT2D eigenvalue weighted by molar-refractivity contribution is 9.10. The van der Waals surface area contributed by atoms with Crippen molar-refractivity contribution in [1.82, 2.24) is 9.78 Å². The van der Waals surface area contributed by atoms with Gasteiger partial charge in [0.15, 0.2) is 23.2 Å². The van der Waals surface area contributed by atoms with Gasteiger partial charge >= 0.3 is 5.97 Å². The number of ether oxygens (including phenoxy) is 1. The zero-order chi connectivity index (χ0) is 24.5. The standard InChI is InChI=1S/C24H31BrN2O6/c1-12-9-23-7-6-13(2)22(3,4)15(19(23)30)8-14(11-28)18(29)24(23,32)20(12)33-21(31)17-16(25)10-27(5)26-17/h8-10,13,15,18,20,28-29,32H,6-7,11H2,1-5H3/t13-,15+,18+,20-,23+,24-/m0/s1. The lowest BCUT2D eigenvalue weighted by molar-refractivity contribution is -0.181. The Kier molecular flexibility index (Phi) is 5.80. The summed E-state index contributed by atoms with van der Waals surface area (Å²) in [5, 5.41) is 37.8. The third kappa shape index (κ3) is 3.23. The van der Waals surface area contributed by atoms with Gasteiger partial charge < -0.3 is 20.1 Å². The second-order valence-electron chi connectivity index (χ2n) is 10.4. The Bertz CT molecular complexity index is 1080. The van der Waals surface area contributed by atoms with Gasteiger partial charge in [-0.1, -0.05) is 32.9 Å². The van der Waals surface area contributed by atoms with Gasteiger partial charge in [0.05, 0.1) is 16.5 Å². The molecule has 1 aromatic heterocycles. The fourth-order valence-electron chi connectivity index (χ4n) is 5.91. The van der Waals surface area contributed by atoms with Crippen LogP contribution in [0.2, 0.25) is 0 Å². The SMILES string of the molecule is CC1=C[C@@]23CC[C@H](C)C(C)(C)[C@H](C=C(CO)[C@@H](O)[C@]2(O)[C@H]1OC(=O)c1nn(C)cc1Br)C3=O. The van der Waals surface area contributed by atoms with E-state index in [4.69, 9.17) is 4.74 Å². The average Bonchev–Trinajstić information content (AvgIpc) is 3.16. The van der Waals surface area contributed by atoms with Crippen LogP contribution in [0.15, 0.2) is 34.0 Å². The lowest BCUT2D eigenvalue weighted by Crippen LogP contribution is -2.63. The van der Waals surface area contributed by atoms with Crippen LogP contribution in [0, 0.1) is 22.7 Å². The Morgan fingerprint density at radius 2 is 2.06 bits per heavy atom. The fourth-order valence-corrected chi connectivity index (χ4v) is 6.45. The summed E-state index contributed by atoms with van der Waals surface area (Å²) in [6.45, 7) is 7.24. The molecule has 0 radical (unpaired) electrons. The third-order valence-electron chi connectivity index (χ3n) is 8.30. The average molecular weight is 523 g/mol. The number of aromatic nitrogens is 2. The number of aliphatic hydroxyl groups is 3. The fraction of sp³-hybridized carbons (Fsp3) is 0.625. The van der Waals surface area contributed by atoms with E-state index in [-0.39, 0.29) is 23.0 Å². The van der Waals surface area contributed by atoms with Crippen LogP contribution < -0.4 is 0 Å². The molecule has 0 aliphatic heterocycles. The van der Waals surface area contributed by atoms with Gasteiger partial charge in [0.2, 0.25) is 0 Å². The van der Waals surface area contributed by atoms with Crippen LogP contribution in [0.25, 0.3) is 0 Å². The largest absolute Gasteiger partial charge is 0.450 e. The zero-order valence-electron chi connectivity index (χ0n) is 19.5. The quantitative estimate of drug-likeness (QED) is 0.411. The molecule has 3 N–H and O–H groups in total. The van der Waals surface area contributed by atoms with Crippen LogP contribution in [0.3, 0.4) is 0 Å². The van der Waals surface area contributed by atoms with E-state index >= 15 is 0 Å². The van der Waals surface area contributed by atoms with Gasteiger partial charge in [-0.05, 0) is 58.2 Å². The minimum atomic E-state index is -2.16. The van der Waals surface area contributed by atoms with Crippen LogP contribution in [-0.2, 0) is 16.6 Å². The number of aliphatic hydroxyl groups excluding tert-OH is 2. The molecule has 0 saturated heterocycles. The van der Waals surface area contributed by atoms with Crippen LogP contribution >= 0.6 is 15.9 Å². The van der Waals surface area contributed by atoms with Crippen molar-refractivity contribution in [3.63, 3.8) is 0 Å². The van der Waals surface area contributed by atoms with Crippen molar-refractivity contribution in [2.45, 2.75) is 58.3 Å². The van der Waals surface area contributed by atoms with Gasteiger partial charge in [-0.25, -0.2) is 4.79 Å². The molecule has 1 fully saturated rings. The molecule has 3 aliphatic carbocycles. The molecule has 8 nitrogen and oxygen atoms in total. The molecular formula is C24H31BrN2O6. The first kappa shape index (κ1) is 24.3. The van der Waals surface area contributed by atoms with E-state index in [0.717, 1.165) is 0 Å². The number of esters is 1. The maximum absolute atomic E-state index is 14.1. The first-order chi connectivity index (χ1) is 15.3. The third-order valence-corrected chi connectivity index (χ3v) is 8.88. The second kappa shape index (κ2) is 7.86. The topological polar surface area (TPSA) is 122 Å². The summed E-state index contributed by atoms with van der Waals surface area (Å²) in [5.41, 5.74) is -3.41. The Hall–Kier alpha value is -1.81. The van der Waals surface area contributed by atoms with Gasteiger partial charge in [0.25, 0.3) is 0 Å². The van der Waals surface area contributed by atoms with Crippen molar-refractivity contribution in [2.24, 2.45) is 29.7 Å². The molecule has 2 bridgehead atoms. The zero-order valence-corrected chi connectivity index (χ0v) is 21.1. The number of hydrogen-bond acceptors (Lipinski definition) is 7. The number of nitrogens with zero attached hydrogens (tertiary/aromatic N) is 2. The molecule has 180 valence electrons. The number of carbonyl (C=O) groups excluding carboxylic acids is 2. The smallest absolute Gasteiger partial charge is 0.360 e. The molecule has 33 heavy (non-hydrogen) atoms. The minimum absolute atomic E-state index is 0.0238. The monoisotopic (exact) mass is 522 g/mol. The molecule has 0 amide bonds. The molecule has 1 aromatic rings. The molecule has 0 aromatic carbocycles. The van der Waals surface area contributed by atoms with Crippen LogP contribution in [0.5, 0.6) is 0 Å². The molecule has 4 rings (SSSR count). The van der Waals surface area contributed by atoms with Crippen molar-refractivity contribution < 1.29 is 29.6 Å². The summed E-state index contributed by atoms with van der Waals surface area (Å²) in [4.78, 5) is 27.1. The minimum Gasteiger partial charge on any atom is -0.450 e. The van der Waals surface area contributed by atoms with Gasteiger partial charge in [-0.2, -0.15) is 5.10 Å². The molecule has 3 aliphatic rings. The van der Waals surface area contributed by atoms with E-state index < -0.39 is 47.1 Å². The lowest BCUT2D eigenvalue weighted by atomic mass is 9.63. The van der Waals surface area contributed by atoms with Crippen LogP contribution in [-0.4, -0.2) is 61.3 Å². The van der Waals surface area contributed by atoms with E-state index in [0.29, 0.717) is 22.9 Å². The summed E-state index contributed by atoms with van der Waals surface area (Å²) >= 11 is 3.28. The summed E-state index contributed by atoms with van der Waals surface area (Å²) < 4.78 is 7.64. The highest BCUT2D eigenvalue weighted by Gasteiger charge is 2.71. The lowest BCUT2D eigenvalue weighted by Gasteiger charge is -2.45. The Labute approximate surface area is 201 Å². The van der Waals surface area contributed by atoms with E-state index in [1.807, 2.05) is 13.8 Å². The first-order valence-electron chi connectivity index (χ1n) is 11.2. The van der Waals surface area contributed by atoms with Gasteiger partial charge in [0.1, 0.15) is 6.10 Å². The number of hydrogen-bond donors (Lipinski definition) is 3. The highest BCUT2D eigenvalue weighted by atomic mass is 79.9. The number of carbonyl (C=O) groups is 2. The van der Waals surface area contributed by atoms with E-state index in [2.05, 4.69) is 28.0 Å². The molecule has 6 atom stereocenters. The van der Waals surface area contributed by atoms with Gasteiger partial charge in [-0.3, -0.25) is 9.48 Å². The number of halogens is 1. The summed E-state index contributed by atoms with van der Waals surface area (Å²) in [7, 11) is 1.66. The maximum atomic E-state index is 14.1. The summed E-state index contributed by atoms with van der Waals surface area (Å²) in [5.74, 6) is -1.49. The molecule has 1 heterocycles. The Balaban J connectivity index is 1.86. The Morgan fingerprint density at radius 1 is 1.39 bits per heavy atom. The van der Waals surface area contributed by atoms with Gasteiger partial charge in [0, 0.05) is 19.2 Å². The summed E-state index contributed by atoms with van der Waals surface area (Å²) in [6, 6.07) is 0. The van der Waals surface area contributed by atoms with E-state index in [1.165, 1.54) is 4.68 Å². The molecule has 9 heteroatoms. The predicted molar refractivity (Wildman–Crippen MR) is 123 cm³/mol. The number of rotatable bonds is 3. The molecule has 1 saturated carbocycles. The summed E-state index contributed by atoms with van der Waals surface area (Å²) in [6.07, 6.45) is 2.94. The number of Topliss-reactive ketones (excluding diaryl/α,β-unsaturated/α-hetero) is 1. The number of allylic oxidation sites excluding steroid dienone is 1. The normalized spacial score (nSPS) is 37.5. The van der Waals surface area contributed by atoms with Crippen molar-refractivity contribution in [3.05, 3.63) is 39.7 Å². The number of fused-ring (bicyclic) bond motifs is 1. The van der Waals surface area contributed by atoms with Crippen molar-refractivity contribution in [2.75, 3.05) is 6.61 Å². The maximum Gasteiger partial charge on any atom is 0.360 e. The van der Waals surface area contributed by atoms with Gasteiger partial charge in [-0.15, -0.1) is 0 Å². The molecular weight excluding hydrogens is 492 g/mol. The van der Waals surface area contributed by atoms with Crippen molar-refractivity contribution >= 4 is 27.7 Å². The first-order valence-corrected chi connectivity index (χ1v) is 12.0.